The summed E-state index contributed by atoms with van der Waals surface area (Å²) in [4.78, 5) is 30.6. The Labute approximate surface area is 178 Å². The number of halogens is 1. The molecule has 0 aliphatic carbocycles. The van der Waals surface area contributed by atoms with Crippen molar-refractivity contribution in [2.75, 3.05) is 18.5 Å². The molecular weight excluding hydrogens is 412 g/mol. The van der Waals surface area contributed by atoms with Crippen LogP contribution in [-0.2, 0) is 16.0 Å². The molecule has 1 aliphatic heterocycles. The Kier molecular flexibility index (Phi) is 7.60. The second-order valence-electron chi connectivity index (χ2n) is 7.00. The first-order valence-corrected chi connectivity index (χ1v) is 10.8. The fourth-order valence-electron chi connectivity index (χ4n) is 3.34. The zero-order chi connectivity index (χ0) is 20.8. The van der Waals surface area contributed by atoms with Gasteiger partial charge >= 0.3 is 11.8 Å². The standard InChI is InChI=1S/C20H25ClN4O3S/c1-12-16(9-11-26)29-20(23-12)17(15-4-2-3-10-22-15)25-19(28)18(27)24-14-7-5-13(21)6-8-14/h5-8,15,17,22,26H,2-4,9-11H2,1H3,(H,24,27)(H,25,28). The van der Waals surface area contributed by atoms with Crippen LogP contribution in [0.4, 0.5) is 5.69 Å². The van der Waals surface area contributed by atoms with Gasteiger partial charge in [-0.15, -0.1) is 11.3 Å². The van der Waals surface area contributed by atoms with Gasteiger partial charge in [0.25, 0.3) is 0 Å². The van der Waals surface area contributed by atoms with E-state index in [2.05, 4.69) is 20.9 Å². The molecule has 0 radical (unpaired) electrons. The van der Waals surface area contributed by atoms with Gasteiger partial charge in [0, 0.05) is 34.7 Å². The topological polar surface area (TPSA) is 103 Å². The third-order valence-corrected chi connectivity index (χ3v) is 6.41. The minimum absolute atomic E-state index is 0.00329. The molecule has 1 saturated heterocycles. The van der Waals surface area contributed by atoms with E-state index in [1.807, 2.05) is 6.92 Å². The fraction of sp³-hybridized carbons (Fsp3) is 0.450. The van der Waals surface area contributed by atoms with E-state index in [9.17, 15) is 14.7 Å². The number of carbonyl (C=O) groups excluding carboxylic acids is 2. The summed E-state index contributed by atoms with van der Waals surface area (Å²) >= 11 is 7.32. The molecule has 9 heteroatoms. The molecule has 1 fully saturated rings. The van der Waals surface area contributed by atoms with E-state index in [0.29, 0.717) is 17.1 Å². The normalized spacial score (nSPS) is 17.6. The highest BCUT2D eigenvalue weighted by Crippen LogP contribution is 2.29. The van der Waals surface area contributed by atoms with Crippen molar-refractivity contribution in [2.24, 2.45) is 0 Å². The molecule has 2 amide bonds. The first-order chi connectivity index (χ1) is 14.0. The van der Waals surface area contributed by atoms with Gasteiger partial charge in [-0.3, -0.25) is 9.59 Å². The number of piperidine rings is 1. The largest absolute Gasteiger partial charge is 0.396 e. The first kappa shape index (κ1) is 21.7. The Balaban J connectivity index is 1.75. The number of aliphatic hydroxyl groups is 1. The Morgan fingerprint density at radius 1 is 1.31 bits per heavy atom. The fourth-order valence-corrected chi connectivity index (χ4v) is 4.64. The zero-order valence-electron chi connectivity index (χ0n) is 16.2. The van der Waals surface area contributed by atoms with E-state index in [0.717, 1.165) is 41.4 Å². The average Bonchev–Trinajstić information content (AvgIpc) is 3.08. The highest BCUT2D eigenvalue weighted by molar-refractivity contribution is 7.11. The molecule has 4 N–H and O–H groups in total. The summed E-state index contributed by atoms with van der Waals surface area (Å²) in [5, 5.41) is 19.4. The van der Waals surface area contributed by atoms with Gasteiger partial charge in [0.05, 0.1) is 11.7 Å². The van der Waals surface area contributed by atoms with Gasteiger partial charge in [-0.2, -0.15) is 0 Å². The summed E-state index contributed by atoms with van der Waals surface area (Å²) in [6.45, 7) is 2.80. The lowest BCUT2D eigenvalue weighted by molar-refractivity contribution is -0.136. The van der Waals surface area contributed by atoms with Crippen molar-refractivity contribution in [2.45, 2.75) is 44.7 Å². The molecule has 29 heavy (non-hydrogen) atoms. The highest BCUT2D eigenvalue weighted by atomic mass is 35.5. The van der Waals surface area contributed by atoms with Crippen LogP contribution in [0, 0.1) is 6.92 Å². The second-order valence-corrected chi connectivity index (χ2v) is 8.55. The number of aliphatic hydroxyl groups excluding tert-OH is 1. The van der Waals surface area contributed by atoms with E-state index in [4.69, 9.17) is 11.6 Å². The van der Waals surface area contributed by atoms with Crippen LogP contribution in [0.3, 0.4) is 0 Å². The molecule has 2 unspecified atom stereocenters. The van der Waals surface area contributed by atoms with Crippen molar-refractivity contribution in [1.29, 1.82) is 0 Å². The summed E-state index contributed by atoms with van der Waals surface area (Å²) in [6.07, 6.45) is 3.55. The van der Waals surface area contributed by atoms with Crippen LogP contribution >= 0.6 is 22.9 Å². The molecule has 2 aromatic rings. The van der Waals surface area contributed by atoms with Gasteiger partial charge in [-0.25, -0.2) is 4.98 Å². The Morgan fingerprint density at radius 2 is 2.07 bits per heavy atom. The van der Waals surface area contributed by atoms with E-state index in [-0.39, 0.29) is 12.6 Å². The van der Waals surface area contributed by atoms with Crippen LogP contribution in [-0.4, -0.2) is 41.1 Å². The summed E-state index contributed by atoms with van der Waals surface area (Å²) in [6, 6.07) is 6.16. The van der Waals surface area contributed by atoms with Crippen molar-refractivity contribution in [3.8, 4) is 0 Å². The zero-order valence-corrected chi connectivity index (χ0v) is 17.8. The van der Waals surface area contributed by atoms with Gasteiger partial charge in [-0.05, 0) is 50.6 Å². The number of anilines is 1. The molecule has 3 rings (SSSR count). The molecule has 1 aliphatic rings. The molecule has 0 bridgehead atoms. The van der Waals surface area contributed by atoms with Crippen molar-refractivity contribution >= 4 is 40.4 Å². The van der Waals surface area contributed by atoms with E-state index in [1.54, 1.807) is 24.3 Å². The molecular formula is C20H25ClN4O3S. The minimum Gasteiger partial charge on any atom is -0.396 e. The first-order valence-electron chi connectivity index (χ1n) is 9.66. The lowest BCUT2D eigenvalue weighted by Gasteiger charge is -2.30. The second kappa shape index (κ2) is 10.2. The van der Waals surface area contributed by atoms with Crippen LogP contribution in [0.25, 0.3) is 0 Å². The number of nitrogens with one attached hydrogen (secondary N) is 3. The number of benzene rings is 1. The number of thiazole rings is 1. The summed E-state index contributed by atoms with van der Waals surface area (Å²) in [5.41, 5.74) is 1.34. The number of hydrogen-bond donors (Lipinski definition) is 4. The van der Waals surface area contributed by atoms with Gasteiger partial charge in [0.1, 0.15) is 5.01 Å². The number of carbonyl (C=O) groups is 2. The number of hydrogen-bond acceptors (Lipinski definition) is 6. The molecule has 156 valence electrons. The average molecular weight is 437 g/mol. The van der Waals surface area contributed by atoms with Crippen LogP contribution in [0.5, 0.6) is 0 Å². The number of rotatable bonds is 6. The van der Waals surface area contributed by atoms with Gasteiger partial charge in [0.2, 0.25) is 0 Å². The van der Waals surface area contributed by atoms with Crippen LogP contribution < -0.4 is 16.0 Å². The predicted molar refractivity (Wildman–Crippen MR) is 114 cm³/mol. The lowest BCUT2D eigenvalue weighted by Crippen LogP contribution is -2.48. The third-order valence-electron chi connectivity index (χ3n) is 4.86. The highest BCUT2D eigenvalue weighted by Gasteiger charge is 2.31. The summed E-state index contributed by atoms with van der Waals surface area (Å²) < 4.78 is 0. The Bertz CT molecular complexity index is 850. The predicted octanol–water partition coefficient (Wildman–Crippen LogP) is 2.58. The van der Waals surface area contributed by atoms with Gasteiger partial charge in [-0.1, -0.05) is 18.0 Å². The van der Waals surface area contributed by atoms with Crippen molar-refractivity contribution < 1.29 is 14.7 Å². The van der Waals surface area contributed by atoms with Crippen molar-refractivity contribution in [3.63, 3.8) is 0 Å². The summed E-state index contributed by atoms with van der Waals surface area (Å²) in [7, 11) is 0. The van der Waals surface area contributed by atoms with E-state index >= 15 is 0 Å². The van der Waals surface area contributed by atoms with E-state index < -0.39 is 17.9 Å². The SMILES string of the molecule is Cc1nc(C(NC(=O)C(=O)Nc2ccc(Cl)cc2)C2CCCCN2)sc1CCO. The van der Waals surface area contributed by atoms with Crippen molar-refractivity contribution in [1.82, 2.24) is 15.6 Å². The maximum absolute atomic E-state index is 12.6. The molecule has 1 aromatic heterocycles. The maximum Gasteiger partial charge on any atom is 0.313 e. The Morgan fingerprint density at radius 3 is 2.72 bits per heavy atom. The number of nitrogens with zero attached hydrogens (tertiary/aromatic N) is 1. The van der Waals surface area contributed by atoms with Gasteiger partial charge in [0.15, 0.2) is 0 Å². The number of aromatic nitrogens is 1. The molecule has 1 aromatic carbocycles. The number of aryl methyl sites for hydroxylation is 1. The minimum atomic E-state index is -0.739. The third kappa shape index (κ3) is 5.76. The maximum atomic E-state index is 12.6. The quantitative estimate of drug-likeness (QED) is 0.521. The molecule has 2 atom stereocenters. The lowest BCUT2D eigenvalue weighted by atomic mass is 9.98. The molecule has 0 saturated carbocycles. The van der Waals surface area contributed by atoms with Crippen LogP contribution in [0.2, 0.25) is 5.02 Å². The Hall–Kier alpha value is -2.00. The van der Waals surface area contributed by atoms with Crippen LogP contribution in [0.15, 0.2) is 24.3 Å². The smallest absolute Gasteiger partial charge is 0.313 e. The molecule has 0 spiro atoms. The van der Waals surface area contributed by atoms with Crippen LogP contribution in [0.1, 0.15) is 40.9 Å². The van der Waals surface area contributed by atoms with Gasteiger partial charge < -0.3 is 21.1 Å². The van der Waals surface area contributed by atoms with E-state index in [1.165, 1.54) is 11.3 Å². The summed E-state index contributed by atoms with van der Waals surface area (Å²) in [5.74, 6) is -1.45. The number of amides is 2. The monoisotopic (exact) mass is 436 g/mol. The molecule has 2 heterocycles. The van der Waals surface area contributed by atoms with Crippen molar-refractivity contribution in [3.05, 3.63) is 44.9 Å². The molecule has 7 nitrogen and oxygen atoms in total.